The van der Waals surface area contributed by atoms with Crippen LogP contribution >= 0.6 is 0 Å². The minimum absolute atomic E-state index is 0.0919. The molecule has 1 aromatic rings. The van der Waals surface area contributed by atoms with Crippen LogP contribution in [0, 0.1) is 11.2 Å². The van der Waals surface area contributed by atoms with Crippen LogP contribution in [0.1, 0.15) is 20.3 Å². The van der Waals surface area contributed by atoms with Crippen molar-refractivity contribution in [3.8, 4) is 5.75 Å². The Morgan fingerprint density at radius 3 is 2.52 bits per heavy atom. The fraction of sp³-hybridized carbons (Fsp3) is 0.538. The molecule has 0 spiro atoms. The average molecular weight is 318 g/mol. The van der Waals surface area contributed by atoms with E-state index in [1.54, 1.807) is 13.8 Å². The number of halogens is 1. The maximum atomic E-state index is 13.8. The molecule has 0 aliphatic heterocycles. The number of hydrogen-bond donors (Lipinski definition) is 3. The van der Waals surface area contributed by atoms with E-state index in [1.165, 1.54) is 7.11 Å². The first-order valence-corrected chi connectivity index (χ1v) is 7.91. The van der Waals surface area contributed by atoms with E-state index in [4.69, 9.17) is 10.5 Å². The number of sulfonamides is 1. The summed E-state index contributed by atoms with van der Waals surface area (Å²) in [5.74, 6) is -1.03. The number of aliphatic hydroxyl groups is 1. The highest BCUT2D eigenvalue weighted by Gasteiger charge is 2.49. The molecule has 2 unspecified atom stereocenters. The van der Waals surface area contributed by atoms with Gasteiger partial charge in [0.25, 0.3) is 0 Å². The number of aliphatic hydroxyl groups excluding tert-OH is 1. The number of nitrogens with two attached hydrogens (primary N) is 1. The second-order valence-electron chi connectivity index (χ2n) is 5.77. The van der Waals surface area contributed by atoms with Gasteiger partial charge >= 0.3 is 0 Å². The minimum Gasteiger partial charge on any atom is -0.492 e. The molecule has 0 radical (unpaired) electrons. The monoisotopic (exact) mass is 318 g/mol. The molecule has 1 aromatic carbocycles. The summed E-state index contributed by atoms with van der Waals surface area (Å²) < 4.78 is 45.5. The van der Waals surface area contributed by atoms with Crippen LogP contribution in [-0.2, 0) is 10.0 Å². The topological polar surface area (TPSA) is 102 Å². The molecule has 0 heterocycles. The van der Waals surface area contributed by atoms with Crippen LogP contribution in [0.4, 0.5) is 10.1 Å². The lowest BCUT2D eigenvalue weighted by molar-refractivity contribution is -0.0645. The van der Waals surface area contributed by atoms with Gasteiger partial charge in [-0.15, -0.1) is 0 Å². The highest BCUT2D eigenvalue weighted by Crippen LogP contribution is 2.41. The summed E-state index contributed by atoms with van der Waals surface area (Å²) in [6.45, 7) is 3.52. The summed E-state index contributed by atoms with van der Waals surface area (Å²) in [7, 11) is -2.67. The molecule has 4 N–H and O–H groups in total. The van der Waals surface area contributed by atoms with Gasteiger partial charge in [-0.1, -0.05) is 13.8 Å². The molecule has 1 fully saturated rings. The zero-order valence-corrected chi connectivity index (χ0v) is 12.9. The SMILES string of the molecule is COc1c(N)cc(S(=O)(=O)NC2CC(O)C2(C)C)cc1F. The molecule has 0 saturated heterocycles. The van der Waals surface area contributed by atoms with E-state index in [9.17, 15) is 17.9 Å². The van der Waals surface area contributed by atoms with E-state index in [2.05, 4.69) is 4.72 Å². The third-order valence-electron chi connectivity index (χ3n) is 4.07. The third-order valence-corrected chi connectivity index (χ3v) is 5.52. The summed E-state index contributed by atoms with van der Waals surface area (Å²) in [4.78, 5) is -0.268. The standard InChI is InChI=1S/C13H19FN2O4S/c1-13(2)10(6-11(13)17)16-21(18,19)7-4-8(14)12(20-3)9(15)5-7/h4-5,10-11,16-17H,6,15H2,1-3H3. The zero-order valence-electron chi connectivity index (χ0n) is 12.1. The number of anilines is 1. The van der Waals surface area contributed by atoms with E-state index < -0.39 is 33.4 Å². The Balaban J connectivity index is 2.29. The maximum absolute atomic E-state index is 13.8. The summed E-state index contributed by atoms with van der Waals surface area (Å²) in [5, 5.41) is 9.64. The summed E-state index contributed by atoms with van der Waals surface area (Å²) in [5.41, 5.74) is 4.93. The zero-order chi connectivity index (χ0) is 16.0. The third kappa shape index (κ3) is 2.70. The van der Waals surface area contributed by atoms with Gasteiger partial charge in [0.2, 0.25) is 10.0 Å². The summed E-state index contributed by atoms with van der Waals surface area (Å²) in [6.07, 6.45) is -0.247. The summed E-state index contributed by atoms with van der Waals surface area (Å²) >= 11 is 0. The largest absolute Gasteiger partial charge is 0.492 e. The van der Waals surface area contributed by atoms with Crippen molar-refractivity contribution in [2.24, 2.45) is 5.41 Å². The lowest BCUT2D eigenvalue weighted by Gasteiger charge is -2.49. The van der Waals surface area contributed by atoms with Crippen molar-refractivity contribution in [2.75, 3.05) is 12.8 Å². The molecule has 0 amide bonds. The Hall–Kier alpha value is -1.38. The highest BCUT2D eigenvalue weighted by atomic mass is 32.2. The van der Waals surface area contributed by atoms with Crippen molar-refractivity contribution >= 4 is 15.7 Å². The summed E-state index contributed by atoms with van der Waals surface area (Å²) in [6, 6.07) is 1.59. The van der Waals surface area contributed by atoms with Crippen molar-refractivity contribution in [2.45, 2.75) is 37.3 Å². The van der Waals surface area contributed by atoms with Gasteiger partial charge in [-0.05, 0) is 18.6 Å². The van der Waals surface area contributed by atoms with Gasteiger partial charge in [-0.2, -0.15) is 0 Å². The Kier molecular flexibility index (Phi) is 3.90. The number of nitrogen functional groups attached to an aromatic ring is 1. The van der Waals surface area contributed by atoms with E-state index in [0.717, 1.165) is 12.1 Å². The fourth-order valence-electron chi connectivity index (χ4n) is 2.32. The van der Waals surface area contributed by atoms with Gasteiger partial charge < -0.3 is 15.6 Å². The van der Waals surface area contributed by atoms with Crippen LogP contribution in [0.3, 0.4) is 0 Å². The molecule has 0 bridgehead atoms. The molecule has 1 saturated carbocycles. The first-order valence-electron chi connectivity index (χ1n) is 6.43. The molecule has 6 nitrogen and oxygen atoms in total. The van der Waals surface area contributed by atoms with Crippen LogP contribution in [0.2, 0.25) is 0 Å². The molecule has 1 aliphatic carbocycles. The maximum Gasteiger partial charge on any atom is 0.241 e. The first kappa shape index (κ1) is 16.0. The van der Waals surface area contributed by atoms with Gasteiger partial charge in [0, 0.05) is 11.5 Å². The predicted molar refractivity (Wildman–Crippen MR) is 75.9 cm³/mol. The number of benzene rings is 1. The Morgan fingerprint density at radius 2 is 2.10 bits per heavy atom. The molecule has 21 heavy (non-hydrogen) atoms. The molecule has 1 aliphatic rings. The fourth-order valence-corrected chi connectivity index (χ4v) is 3.77. The lowest BCUT2D eigenvalue weighted by Crippen LogP contribution is -2.61. The smallest absolute Gasteiger partial charge is 0.241 e. The highest BCUT2D eigenvalue weighted by molar-refractivity contribution is 7.89. The van der Waals surface area contributed by atoms with Gasteiger partial charge in [0.1, 0.15) is 0 Å². The Labute approximate surface area is 123 Å². The lowest BCUT2D eigenvalue weighted by atomic mass is 9.65. The van der Waals surface area contributed by atoms with Crippen LogP contribution in [0.25, 0.3) is 0 Å². The van der Waals surface area contributed by atoms with Crippen molar-refractivity contribution in [3.05, 3.63) is 17.9 Å². The normalized spacial score (nSPS) is 24.4. The average Bonchev–Trinajstić information content (AvgIpc) is 2.37. The van der Waals surface area contributed by atoms with Crippen LogP contribution in [0.15, 0.2) is 17.0 Å². The van der Waals surface area contributed by atoms with Crippen molar-refractivity contribution in [3.63, 3.8) is 0 Å². The first-order chi connectivity index (χ1) is 9.59. The predicted octanol–water partition coefficient (Wildman–Crippen LogP) is 0.854. The number of hydrogen-bond acceptors (Lipinski definition) is 5. The number of nitrogens with one attached hydrogen (secondary N) is 1. The number of rotatable bonds is 4. The second-order valence-corrected chi connectivity index (χ2v) is 7.49. The van der Waals surface area contributed by atoms with E-state index in [-0.39, 0.29) is 16.3 Å². The van der Waals surface area contributed by atoms with Gasteiger partial charge in [-0.3, -0.25) is 0 Å². The molecule has 2 rings (SSSR count). The minimum atomic E-state index is -3.92. The molecular formula is C13H19FN2O4S. The van der Waals surface area contributed by atoms with E-state index in [1.807, 2.05) is 0 Å². The van der Waals surface area contributed by atoms with Crippen LogP contribution < -0.4 is 15.2 Å². The van der Waals surface area contributed by atoms with Gasteiger partial charge in [0.05, 0.1) is 23.8 Å². The number of methoxy groups -OCH3 is 1. The van der Waals surface area contributed by atoms with E-state index in [0.29, 0.717) is 6.42 Å². The Bertz CT molecular complexity index is 637. The van der Waals surface area contributed by atoms with E-state index >= 15 is 0 Å². The van der Waals surface area contributed by atoms with Crippen LogP contribution in [0.5, 0.6) is 5.75 Å². The van der Waals surface area contributed by atoms with Gasteiger partial charge in [0.15, 0.2) is 11.6 Å². The van der Waals surface area contributed by atoms with Crippen molar-refractivity contribution in [1.82, 2.24) is 4.72 Å². The molecular weight excluding hydrogens is 299 g/mol. The Morgan fingerprint density at radius 1 is 1.48 bits per heavy atom. The molecule has 0 aromatic heterocycles. The van der Waals surface area contributed by atoms with Crippen molar-refractivity contribution < 1.29 is 22.7 Å². The van der Waals surface area contributed by atoms with Gasteiger partial charge in [-0.25, -0.2) is 17.5 Å². The molecule has 8 heteroatoms. The second kappa shape index (κ2) is 5.11. The quantitative estimate of drug-likeness (QED) is 0.715. The number of ether oxygens (including phenoxy) is 1. The van der Waals surface area contributed by atoms with Crippen LogP contribution in [-0.4, -0.2) is 32.8 Å². The molecule has 118 valence electrons. The molecule has 2 atom stereocenters. The van der Waals surface area contributed by atoms with Crippen molar-refractivity contribution in [1.29, 1.82) is 0 Å².